The molecule has 4 nitrogen and oxygen atoms in total. The number of nitrogens with zero attached hydrogens (tertiary/aromatic N) is 3. The molecule has 0 spiro atoms. The lowest BCUT2D eigenvalue weighted by molar-refractivity contribution is 0.671. The van der Waals surface area contributed by atoms with Crippen LogP contribution in [0.4, 0.5) is 11.8 Å². The second kappa shape index (κ2) is 8.48. The molecule has 2 aromatic carbocycles. The molecule has 0 amide bonds. The number of hydrogen-bond acceptors (Lipinski definition) is 4. The summed E-state index contributed by atoms with van der Waals surface area (Å²) in [6.07, 6.45) is 1.82. The molecule has 0 unspecified atom stereocenters. The lowest BCUT2D eigenvalue weighted by atomic mass is 10.1. The quantitative estimate of drug-likeness (QED) is 0.666. The highest BCUT2D eigenvalue weighted by atomic mass is 15.2. The Morgan fingerprint density at radius 3 is 2.35 bits per heavy atom. The average Bonchev–Trinajstić information content (AvgIpc) is 2.66. The summed E-state index contributed by atoms with van der Waals surface area (Å²) in [5, 5.41) is 3.33. The number of anilines is 2. The van der Waals surface area contributed by atoms with Crippen molar-refractivity contribution in [3.63, 3.8) is 0 Å². The summed E-state index contributed by atoms with van der Waals surface area (Å²) in [4.78, 5) is 11.4. The fourth-order valence-corrected chi connectivity index (χ4v) is 2.79. The predicted molar refractivity (Wildman–Crippen MR) is 108 cm³/mol. The first-order valence-corrected chi connectivity index (χ1v) is 9.05. The molecule has 0 aliphatic rings. The highest BCUT2D eigenvalue weighted by molar-refractivity contribution is 5.44. The monoisotopic (exact) mass is 346 g/mol. The van der Waals surface area contributed by atoms with Crippen LogP contribution in [-0.4, -0.2) is 16.0 Å². The van der Waals surface area contributed by atoms with E-state index in [0.29, 0.717) is 18.5 Å². The van der Waals surface area contributed by atoms with E-state index < -0.39 is 0 Å². The van der Waals surface area contributed by atoms with Crippen molar-refractivity contribution >= 4 is 11.8 Å². The van der Waals surface area contributed by atoms with Crippen molar-refractivity contribution in [2.24, 2.45) is 0 Å². The third kappa shape index (κ3) is 4.82. The maximum atomic E-state index is 4.73. The molecule has 0 radical (unpaired) electrons. The van der Waals surface area contributed by atoms with Gasteiger partial charge in [-0.3, -0.25) is 0 Å². The lowest BCUT2D eigenvalue weighted by Gasteiger charge is -2.28. The van der Waals surface area contributed by atoms with Gasteiger partial charge in [0.15, 0.2) is 0 Å². The molecule has 4 heteroatoms. The molecular formula is C22H26N4. The molecule has 0 aliphatic carbocycles. The van der Waals surface area contributed by atoms with Crippen LogP contribution in [-0.2, 0) is 13.1 Å². The summed E-state index contributed by atoms with van der Waals surface area (Å²) in [6, 6.07) is 21.3. The maximum Gasteiger partial charge on any atom is 0.224 e. The van der Waals surface area contributed by atoms with E-state index in [4.69, 9.17) is 4.98 Å². The number of hydrogen-bond donors (Lipinski definition) is 1. The molecule has 0 saturated carbocycles. The van der Waals surface area contributed by atoms with Gasteiger partial charge in [0.2, 0.25) is 5.95 Å². The standard InChI is InChI=1S/C22H26N4/c1-17(2)26(16-20-7-5-4-6-8-20)21-13-14-23-22(25-21)24-15-19-11-9-18(3)10-12-19/h4-14,17H,15-16H2,1-3H3,(H,23,24,25). The minimum atomic E-state index is 0.343. The minimum absolute atomic E-state index is 0.343. The van der Waals surface area contributed by atoms with E-state index in [1.165, 1.54) is 16.7 Å². The summed E-state index contributed by atoms with van der Waals surface area (Å²) in [7, 11) is 0. The first kappa shape index (κ1) is 17.9. The molecule has 0 bridgehead atoms. The van der Waals surface area contributed by atoms with Gasteiger partial charge in [0.1, 0.15) is 5.82 Å². The highest BCUT2D eigenvalue weighted by Crippen LogP contribution is 2.19. The summed E-state index contributed by atoms with van der Waals surface area (Å²) in [6.45, 7) is 8.00. The molecule has 3 aromatic rings. The second-order valence-electron chi connectivity index (χ2n) is 6.78. The van der Waals surface area contributed by atoms with Crippen LogP contribution in [0, 0.1) is 6.92 Å². The third-order valence-electron chi connectivity index (χ3n) is 4.33. The Hall–Kier alpha value is -2.88. The van der Waals surface area contributed by atoms with Gasteiger partial charge in [-0.25, -0.2) is 4.98 Å². The molecule has 1 aromatic heterocycles. The number of aryl methyl sites for hydroxylation is 1. The van der Waals surface area contributed by atoms with Crippen LogP contribution in [0.1, 0.15) is 30.5 Å². The van der Waals surface area contributed by atoms with Gasteiger partial charge in [-0.15, -0.1) is 0 Å². The van der Waals surface area contributed by atoms with Gasteiger partial charge in [-0.1, -0.05) is 60.2 Å². The first-order valence-electron chi connectivity index (χ1n) is 9.05. The molecule has 134 valence electrons. The van der Waals surface area contributed by atoms with Crippen molar-refractivity contribution < 1.29 is 0 Å². The summed E-state index contributed by atoms with van der Waals surface area (Å²) in [5.74, 6) is 1.59. The van der Waals surface area contributed by atoms with Crippen LogP contribution in [0.15, 0.2) is 66.9 Å². The zero-order chi connectivity index (χ0) is 18.4. The van der Waals surface area contributed by atoms with Crippen molar-refractivity contribution in [3.05, 3.63) is 83.6 Å². The largest absolute Gasteiger partial charge is 0.350 e. The zero-order valence-corrected chi connectivity index (χ0v) is 15.7. The van der Waals surface area contributed by atoms with Gasteiger partial charge in [0, 0.05) is 25.3 Å². The van der Waals surface area contributed by atoms with Crippen LogP contribution in [0.2, 0.25) is 0 Å². The predicted octanol–water partition coefficient (Wildman–Crippen LogP) is 4.81. The van der Waals surface area contributed by atoms with E-state index in [9.17, 15) is 0 Å². The van der Waals surface area contributed by atoms with E-state index >= 15 is 0 Å². The smallest absolute Gasteiger partial charge is 0.224 e. The lowest BCUT2D eigenvalue weighted by Crippen LogP contribution is -2.31. The van der Waals surface area contributed by atoms with Crippen LogP contribution in [0.5, 0.6) is 0 Å². The minimum Gasteiger partial charge on any atom is -0.350 e. The summed E-state index contributed by atoms with van der Waals surface area (Å²) < 4.78 is 0. The number of aromatic nitrogens is 2. The van der Waals surface area contributed by atoms with Gasteiger partial charge < -0.3 is 10.2 Å². The van der Waals surface area contributed by atoms with Gasteiger partial charge in [-0.05, 0) is 38.0 Å². The fourth-order valence-electron chi connectivity index (χ4n) is 2.79. The van der Waals surface area contributed by atoms with E-state index in [2.05, 4.69) is 84.5 Å². The van der Waals surface area contributed by atoms with Gasteiger partial charge in [0.25, 0.3) is 0 Å². The topological polar surface area (TPSA) is 41.1 Å². The van der Waals surface area contributed by atoms with Crippen LogP contribution in [0.25, 0.3) is 0 Å². The summed E-state index contributed by atoms with van der Waals surface area (Å²) in [5.41, 5.74) is 3.75. The molecule has 3 rings (SSSR count). The average molecular weight is 346 g/mol. The number of nitrogens with one attached hydrogen (secondary N) is 1. The molecule has 0 atom stereocenters. The molecule has 1 N–H and O–H groups in total. The first-order chi connectivity index (χ1) is 12.6. The number of benzene rings is 2. The van der Waals surface area contributed by atoms with E-state index in [-0.39, 0.29) is 0 Å². The molecular weight excluding hydrogens is 320 g/mol. The van der Waals surface area contributed by atoms with Gasteiger partial charge in [0.05, 0.1) is 0 Å². The molecule has 0 aliphatic heterocycles. The van der Waals surface area contributed by atoms with E-state index in [1.807, 2.05) is 18.3 Å². The van der Waals surface area contributed by atoms with Crippen molar-refractivity contribution in [2.45, 2.75) is 39.9 Å². The highest BCUT2D eigenvalue weighted by Gasteiger charge is 2.13. The Bertz CT molecular complexity index is 813. The number of rotatable bonds is 7. The Morgan fingerprint density at radius 1 is 0.923 bits per heavy atom. The molecule has 1 heterocycles. The molecule has 0 fully saturated rings. The maximum absolute atomic E-state index is 4.73. The Balaban J connectivity index is 1.72. The zero-order valence-electron chi connectivity index (χ0n) is 15.7. The van der Waals surface area contributed by atoms with Crippen molar-refractivity contribution in [2.75, 3.05) is 10.2 Å². The normalized spacial score (nSPS) is 10.8. The molecule has 26 heavy (non-hydrogen) atoms. The fraction of sp³-hybridized carbons (Fsp3) is 0.273. The van der Waals surface area contributed by atoms with E-state index in [0.717, 1.165) is 12.4 Å². The van der Waals surface area contributed by atoms with Gasteiger partial charge in [-0.2, -0.15) is 4.98 Å². The van der Waals surface area contributed by atoms with Crippen molar-refractivity contribution in [1.82, 2.24) is 9.97 Å². The Kier molecular flexibility index (Phi) is 5.84. The molecule has 0 saturated heterocycles. The van der Waals surface area contributed by atoms with Crippen molar-refractivity contribution in [1.29, 1.82) is 0 Å². The van der Waals surface area contributed by atoms with E-state index in [1.54, 1.807) is 0 Å². The SMILES string of the molecule is Cc1ccc(CNc2nccc(N(Cc3ccccc3)C(C)C)n2)cc1. The Labute approximate surface area is 155 Å². The van der Waals surface area contributed by atoms with Gasteiger partial charge >= 0.3 is 0 Å². The Morgan fingerprint density at radius 2 is 1.65 bits per heavy atom. The third-order valence-corrected chi connectivity index (χ3v) is 4.33. The van der Waals surface area contributed by atoms with Crippen LogP contribution < -0.4 is 10.2 Å². The van der Waals surface area contributed by atoms with Crippen LogP contribution in [0.3, 0.4) is 0 Å². The second-order valence-corrected chi connectivity index (χ2v) is 6.78. The van der Waals surface area contributed by atoms with Crippen LogP contribution >= 0.6 is 0 Å². The van der Waals surface area contributed by atoms with Crippen molar-refractivity contribution in [3.8, 4) is 0 Å². The summed E-state index contributed by atoms with van der Waals surface area (Å²) >= 11 is 0.